The van der Waals surface area contributed by atoms with Crippen molar-refractivity contribution in [2.75, 3.05) is 39.6 Å². The Hall–Kier alpha value is -3.29. The van der Waals surface area contributed by atoms with Crippen LogP contribution in [0.3, 0.4) is 0 Å². The Morgan fingerprint density at radius 1 is 0.520 bits per heavy atom. The molecule has 10 rings (SSSR count). The van der Waals surface area contributed by atoms with Gasteiger partial charge in [-0.1, -0.05) is 228 Å². The van der Waals surface area contributed by atoms with Crippen molar-refractivity contribution in [1.29, 1.82) is 0 Å². The highest BCUT2D eigenvalue weighted by Crippen LogP contribution is 2.51. The van der Waals surface area contributed by atoms with E-state index in [0.717, 1.165) is 23.1 Å². The Kier molecular flexibility index (Phi) is 34.1. The first kappa shape index (κ1) is 102. The maximum atomic E-state index is 15.3. The first-order valence-electron chi connectivity index (χ1n) is 46.0. The van der Waals surface area contributed by atoms with Crippen molar-refractivity contribution < 1.29 is 108 Å². The Balaban J connectivity index is 0.823. The van der Waals surface area contributed by atoms with Crippen molar-refractivity contribution in [3.63, 3.8) is 0 Å². The lowest BCUT2D eigenvalue weighted by molar-refractivity contribution is -0.344. The van der Waals surface area contributed by atoms with Crippen molar-refractivity contribution in [1.82, 2.24) is 0 Å². The van der Waals surface area contributed by atoms with Gasteiger partial charge in [-0.3, -0.25) is 9.59 Å². The molecule has 0 saturated carbocycles. The van der Waals surface area contributed by atoms with Gasteiger partial charge in [0.25, 0.3) is 0 Å². The van der Waals surface area contributed by atoms with Gasteiger partial charge in [-0.05, 0) is 137 Å². The maximum absolute atomic E-state index is 15.3. The van der Waals surface area contributed by atoms with Crippen LogP contribution in [-0.4, -0.2) is 218 Å². The van der Waals surface area contributed by atoms with Crippen LogP contribution in [0.5, 0.6) is 0 Å². The summed E-state index contributed by atoms with van der Waals surface area (Å²) in [6.45, 7) is 69.3. The topological polar surface area (TPSA) is 228 Å². The maximum Gasteiger partial charge on any atom is 0.308 e. The van der Waals surface area contributed by atoms with Crippen molar-refractivity contribution in [3.05, 3.63) is 108 Å². The molecular weight excluding hydrogens is 1630 g/mol. The third kappa shape index (κ3) is 25.5. The van der Waals surface area contributed by atoms with E-state index in [1.807, 2.05) is 133 Å². The summed E-state index contributed by atoms with van der Waals surface area (Å²) >= 11 is 0. The van der Waals surface area contributed by atoms with Gasteiger partial charge in [0.05, 0.1) is 108 Å². The molecule has 0 N–H and O–H groups in total. The van der Waals surface area contributed by atoms with E-state index in [1.54, 1.807) is 0 Å². The molecule has 698 valence electrons. The number of rotatable bonds is 39. The van der Waals surface area contributed by atoms with Gasteiger partial charge in [0.2, 0.25) is 0 Å². The Bertz CT molecular complexity index is 3780. The first-order chi connectivity index (χ1) is 57.2. The van der Waals surface area contributed by atoms with E-state index in [0.29, 0.717) is 39.3 Å². The van der Waals surface area contributed by atoms with Gasteiger partial charge < -0.3 is 98.2 Å². The molecule has 3 aromatic carbocycles. The zero-order valence-corrected chi connectivity index (χ0v) is 84.8. The van der Waals surface area contributed by atoms with Gasteiger partial charge in [0.15, 0.2) is 64.2 Å². The minimum absolute atomic E-state index is 0.00186. The van der Waals surface area contributed by atoms with Crippen molar-refractivity contribution in [2.45, 2.75) is 423 Å². The minimum Gasteiger partial charge on any atom is -0.462 e. The number of ether oxygens (including phenoxy) is 17. The standard InChI is InChI=1S/C96H160O23Si4/c1-32-61(3)72(107-77(97)51-71(118-122(28,29)92(15,16)17)50-73(62(4)33-2)113-95(23)58-103-76(57-105-120(24,25)90(9,10)11)84(95)119-123(30,31)93(18,19)20)49-70(117-121(26,27)91(12,13)14)52-78(98)109-79-63(5)74(55-100-65(79)7)108-88-83-82(114-94(21,22)115-83)81(66(8)106-88)111-86-64(6)80(75(56-102-86)101-54-68-45-39-35-40-46-68)110-89-85-96(60-104-89,59-99-53-67-43-37-34-38-44-67)116-87(112-85)69-47-41-36-42-48-69/h34-48,61-66,70-76,79-89H,32-33,49-60H2,1-31H3/t61-,62-,63?,64?,65?,66?,70-,71-,72-,73-,74?,75+,76+,79+,80?,81-,82?,83?,84?,85?,86-,87-,88-,89-,95?,96-/m0/s1. The van der Waals surface area contributed by atoms with Gasteiger partial charge in [0.1, 0.15) is 66.1 Å². The van der Waals surface area contributed by atoms with Crippen LogP contribution in [0.25, 0.3) is 0 Å². The quantitative estimate of drug-likeness (QED) is 0.0382. The summed E-state index contributed by atoms with van der Waals surface area (Å²) in [5, 5.41) is -0.476. The smallest absolute Gasteiger partial charge is 0.308 e. The summed E-state index contributed by atoms with van der Waals surface area (Å²) in [5.74, 6) is -2.78. The number of carbonyl (C=O) groups is 2. The van der Waals surface area contributed by atoms with Crippen LogP contribution in [-0.2, 0) is 121 Å². The number of carbonyl (C=O) groups excluding carboxylic acids is 2. The summed E-state index contributed by atoms with van der Waals surface area (Å²) in [6, 6.07) is 29.9. The Labute approximate surface area is 743 Å². The average Bonchev–Trinajstić information content (AvgIpc) is 1.62. The van der Waals surface area contributed by atoms with Crippen LogP contribution in [0, 0.1) is 23.7 Å². The number of hydrogen-bond acceptors (Lipinski definition) is 23. The van der Waals surface area contributed by atoms with Gasteiger partial charge in [-0.15, -0.1) is 0 Å². The van der Waals surface area contributed by atoms with E-state index in [9.17, 15) is 0 Å². The minimum atomic E-state index is -2.61. The molecule has 0 bridgehead atoms. The number of benzene rings is 3. The third-order valence-corrected chi connectivity index (χ3v) is 47.0. The molecule has 26 atom stereocenters. The molecule has 7 aliphatic heterocycles. The van der Waals surface area contributed by atoms with E-state index in [2.05, 4.69) is 170 Å². The molecule has 27 heteroatoms. The number of fused-ring (bicyclic) bond motifs is 2. The molecule has 7 heterocycles. The number of esters is 2. The molecule has 23 nitrogen and oxygen atoms in total. The van der Waals surface area contributed by atoms with Crippen molar-refractivity contribution in [2.24, 2.45) is 23.7 Å². The molecule has 7 saturated heterocycles. The highest BCUT2D eigenvalue weighted by molar-refractivity contribution is 6.75. The Morgan fingerprint density at radius 2 is 1.05 bits per heavy atom. The molecule has 11 unspecified atom stereocenters. The van der Waals surface area contributed by atoms with E-state index in [1.165, 1.54) is 0 Å². The average molecular weight is 1790 g/mol. The predicted octanol–water partition coefficient (Wildman–Crippen LogP) is 19.7. The molecule has 0 aliphatic carbocycles. The normalized spacial score (nSPS) is 32.6. The van der Waals surface area contributed by atoms with E-state index in [4.69, 9.17) is 98.2 Å². The van der Waals surface area contributed by atoms with Crippen molar-refractivity contribution >= 4 is 45.2 Å². The molecule has 0 amide bonds. The van der Waals surface area contributed by atoms with E-state index >= 15 is 9.59 Å². The summed E-state index contributed by atoms with van der Waals surface area (Å²) in [4.78, 5) is 30.3. The van der Waals surface area contributed by atoms with Crippen LogP contribution in [0.4, 0.5) is 0 Å². The molecule has 7 fully saturated rings. The predicted molar refractivity (Wildman–Crippen MR) is 485 cm³/mol. The molecular formula is C96H160O23Si4. The van der Waals surface area contributed by atoms with Crippen LogP contribution in [0.15, 0.2) is 91.0 Å². The van der Waals surface area contributed by atoms with Gasteiger partial charge >= 0.3 is 11.9 Å². The zero-order valence-electron chi connectivity index (χ0n) is 80.8. The summed E-state index contributed by atoms with van der Waals surface area (Å²) in [5.41, 5.74) is 1.06. The second-order valence-electron chi connectivity index (χ2n) is 43.4. The lowest BCUT2D eigenvalue weighted by atomic mass is 9.91. The van der Waals surface area contributed by atoms with Gasteiger partial charge in [-0.25, -0.2) is 0 Å². The van der Waals surface area contributed by atoms with E-state index in [-0.39, 0.29) is 102 Å². The molecule has 0 aromatic heterocycles. The molecule has 7 aliphatic rings. The van der Waals surface area contributed by atoms with Gasteiger partial charge in [-0.2, -0.15) is 0 Å². The molecule has 123 heavy (non-hydrogen) atoms. The molecule has 3 aromatic rings. The fraction of sp³-hybridized carbons (Fsp3) is 0.792. The lowest BCUT2D eigenvalue weighted by Gasteiger charge is -2.47. The fourth-order valence-electron chi connectivity index (χ4n) is 16.4. The first-order valence-corrected chi connectivity index (χ1v) is 57.7. The van der Waals surface area contributed by atoms with Crippen LogP contribution >= 0.6 is 0 Å². The van der Waals surface area contributed by atoms with Crippen LogP contribution in [0.1, 0.15) is 221 Å². The monoisotopic (exact) mass is 1790 g/mol. The zero-order chi connectivity index (χ0) is 90.6. The summed E-state index contributed by atoms with van der Waals surface area (Å²) in [6.07, 6.45) is -10.7. The Morgan fingerprint density at radius 3 is 1.63 bits per heavy atom. The fourth-order valence-corrected chi connectivity index (χ4v) is 21.6. The summed E-state index contributed by atoms with van der Waals surface area (Å²) < 4.78 is 145. The SMILES string of the molecule is CC[C@H](C)[C@H](C[C@@H](CC(=O)O[C@H]1C(C)OCC(O[C@@H]2OC(C)[C@H](O[C@@H]3OC[C@@H](OCc4ccccc4)C(O[C@@H]4OC[C@]5(COCc6ccccc6)O[C@@H](c6ccccc6)OC45)C3C)C3OC(C)(C)OC32)C1C)O[Si](C)(C)C(C)(C)C)OC(=O)C[C@H](C[C@H](OC1(C)CO[C@H](CO[Si](C)(C)C(C)(C)C)C1O[Si](C)(C)C(C)(C)C)[C@@H](C)CC)O[Si](C)(C)C(C)(C)C. The molecule has 0 radical (unpaired) electrons. The second kappa shape index (κ2) is 41.2. The largest absolute Gasteiger partial charge is 0.462 e. The number of hydrogen-bond donors (Lipinski definition) is 0. The highest BCUT2D eigenvalue weighted by Gasteiger charge is 2.63. The van der Waals surface area contributed by atoms with Crippen molar-refractivity contribution in [3.8, 4) is 0 Å². The summed E-state index contributed by atoms with van der Waals surface area (Å²) in [7, 11) is -9.72. The van der Waals surface area contributed by atoms with Gasteiger partial charge in [0, 0.05) is 23.8 Å². The van der Waals surface area contributed by atoms with Crippen LogP contribution in [0.2, 0.25) is 72.5 Å². The van der Waals surface area contributed by atoms with Crippen LogP contribution < -0.4 is 0 Å². The lowest BCUT2D eigenvalue weighted by Crippen LogP contribution is -2.61. The van der Waals surface area contributed by atoms with E-state index < -0.39 is 173 Å². The second-order valence-corrected chi connectivity index (χ2v) is 62.5. The third-order valence-electron chi connectivity index (χ3n) is 29.0. The molecule has 0 spiro atoms. The highest BCUT2D eigenvalue weighted by atomic mass is 28.4.